The van der Waals surface area contributed by atoms with Crippen LogP contribution in [0, 0.1) is 5.92 Å². The topological polar surface area (TPSA) is 43.7 Å². The normalized spacial score (nSPS) is 12.5. The van der Waals surface area contributed by atoms with Crippen molar-refractivity contribution < 1.29 is 9.79 Å². The minimum absolute atomic E-state index is 0.589. The molecule has 0 aromatic heterocycles. The minimum Gasteiger partial charge on any atom is -0.338 e. The number of unbranched alkanes of at least 4 members (excludes halogenated alkanes) is 16. The lowest BCUT2D eigenvalue weighted by molar-refractivity contribution is 0.254. The molecule has 0 spiro atoms. The maximum atomic E-state index is 9.03. The third-order valence-electron chi connectivity index (χ3n) is 7.51. The first-order valence-electron chi connectivity index (χ1n) is 16.8. The molecule has 0 saturated heterocycles. The molecule has 6 heteroatoms. The van der Waals surface area contributed by atoms with Crippen LogP contribution in [-0.4, -0.2) is 40.1 Å². The number of hydrogen-bond donors (Lipinski definition) is 2. The summed E-state index contributed by atoms with van der Waals surface area (Å²) in [5, 5.41) is 0. The van der Waals surface area contributed by atoms with Crippen molar-refractivity contribution in [3.63, 3.8) is 0 Å². The Morgan fingerprint density at radius 2 is 0.895 bits per heavy atom. The third-order valence-corrected chi connectivity index (χ3v) is 10.9. The van der Waals surface area contributed by atoms with Crippen molar-refractivity contribution in [3.8, 4) is 0 Å². The largest absolute Gasteiger partial charge is 0.338 e. The van der Waals surface area contributed by atoms with E-state index in [1.54, 1.807) is 0 Å². The maximum Gasteiger partial charge on any atom is 0.242 e. The van der Waals surface area contributed by atoms with E-state index in [1.165, 1.54) is 154 Å². The molecule has 0 rings (SSSR count). The van der Waals surface area contributed by atoms with E-state index in [9.17, 15) is 0 Å². The Balaban J connectivity index is 0. The van der Waals surface area contributed by atoms with Crippen LogP contribution in [0.5, 0.6) is 0 Å². The van der Waals surface area contributed by atoms with Crippen molar-refractivity contribution in [1.29, 1.82) is 0 Å². The highest BCUT2D eigenvalue weighted by Gasteiger charge is 2.13. The van der Waals surface area contributed by atoms with Crippen molar-refractivity contribution in [3.05, 3.63) is 0 Å². The summed E-state index contributed by atoms with van der Waals surface area (Å²) >= 11 is 5.70. The second-order valence-corrected chi connectivity index (χ2v) is 17.4. The first-order valence-corrected chi connectivity index (χ1v) is 21.1. The summed E-state index contributed by atoms with van der Waals surface area (Å²) in [7, 11) is 0. The van der Waals surface area contributed by atoms with Crippen molar-refractivity contribution in [1.82, 2.24) is 4.90 Å². The first-order chi connectivity index (χ1) is 18.3. The smallest absolute Gasteiger partial charge is 0.242 e. The van der Waals surface area contributed by atoms with E-state index in [2.05, 4.69) is 51.3 Å². The molecule has 0 heterocycles. The Labute approximate surface area is 250 Å². The van der Waals surface area contributed by atoms with Crippen LogP contribution >= 0.6 is 17.1 Å². The van der Waals surface area contributed by atoms with E-state index in [-0.39, 0.29) is 0 Å². The second-order valence-electron chi connectivity index (χ2n) is 11.3. The van der Waals surface area contributed by atoms with Crippen molar-refractivity contribution in [2.24, 2.45) is 5.92 Å². The van der Waals surface area contributed by atoms with Crippen molar-refractivity contribution in [2.45, 2.75) is 176 Å². The van der Waals surface area contributed by atoms with Crippen LogP contribution < -0.4 is 0 Å². The lowest BCUT2D eigenvalue weighted by Gasteiger charge is -2.22. The van der Waals surface area contributed by atoms with Gasteiger partial charge in [-0.25, -0.2) is 0 Å². The molecule has 38 heavy (non-hydrogen) atoms. The van der Waals surface area contributed by atoms with Gasteiger partial charge in [-0.3, -0.25) is 0 Å². The van der Waals surface area contributed by atoms with Gasteiger partial charge in [0.05, 0.1) is 0 Å². The summed E-state index contributed by atoms with van der Waals surface area (Å²) in [6, 6.07) is 0. The Morgan fingerprint density at radius 3 is 1.21 bits per heavy atom. The van der Waals surface area contributed by atoms with Gasteiger partial charge >= 0.3 is 0 Å². The molecule has 0 aliphatic carbocycles. The Bertz CT molecular complexity index is 452. The van der Waals surface area contributed by atoms with Crippen LogP contribution in [-0.2, 0) is 11.8 Å². The molecule has 0 amide bonds. The highest BCUT2D eigenvalue weighted by atomic mass is 32.9. The molecule has 0 aliphatic heterocycles. The fraction of sp³-hybridized carbons (Fsp3) is 1.00. The standard InChI is InChI=1S/C24H51N.C8H19O2PS2/c1-4-7-10-13-16-19-22-25(23-20-17-14-11-8-5-2)24-21-18-15-12-9-6-3;1-3-5-6-8(4-2)7-13-11(9,10)12/h4-24H2,1-3H3;8H,3-7H2,1-2H3,(H2,9,10,12). The van der Waals surface area contributed by atoms with Gasteiger partial charge in [-0.1, -0.05) is 162 Å². The minimum atomic E-state index is -3.01. The van der Waals surface area contributed by atoms with E-state index in [1.807, 2.05) is 0 Å². The lowest BCUT2D eigenvalue weighted by atomic mass is 10.0. The van der Waals surface area contributed by atoms with Gasteiger partial charge in [-0.2, -0.15) is 0 Å². The number of rotatable bonds is 28. The van der Waals surface area contributed by atoms with Crippen molar-refractivity contribution in [2.75, 3.05) is 25.4 Å². The fourth-order valence-corrected chi connectivity index (χ4v) is 7.35. The molecule has 2 N–H and O–H groups in total. The SMILES string of the molecule is CCCCC(CC)CSP(O)(O)=S.CCCCCCCCN(CCCCCCCC)CCCCCCCC. The van der Waals surface area contributed by atoms with Gasteiger partial charge in [-0.15, -0.1) is 0 Å². The Morgan fingerprint density at radius 1 is 0.553 bits per heavy atom. The molecular formula is C32H70NO2PS2. The quantitative estimate of drug-likeness (QED) is 0.0695. The molecule has 1 atom stereocenters. The molecule has 0 bridgehead atoms. The monoisotopic (exact) mass is 595 g/mol. The number of nitrogens with zero attached hydrogens (tertiary/aromatic N) is 1. The van der Waals surface area contributed by atoms with Gasteiger partial charge in [0.1, 0.15) is 0 Å². The van der Waals surface area contributed by atoms with Gasteiger partial charge in [0.15, 0.2) is 0 Å². The summed E-state index contributed by atoms with van der Waals surface area (Å²) in [6.45, 7) is 15.3. The summed E-state index contributed by atoms with van der Waals surface area (Å²) < 4.78 is 0. The summed E-state index contributed by atoms with van der Waals surface area (Å²) in [5.41, 5.74) is -3.01. The zero-order chi connectivity index (χ0) is 28.7. The zero-order valence-corrected chi connectivity index (χ0v) is 29.1. The molecule has 0 aromatic rings. The van der Waals surface area contributed by atoms with E-state index < -0.39 is 5.69 Å². The highest BCUT2D eigenvalue weighted by molar-refractivity contribution is 8.67. The predicted molar refractivity (Wildman–Crippen MR) is 181 cm³/mol. The van der Waals surface area contributed by atoms with E-state index in [0.29, 0.717) is 5.92 Å². The van der Waals surface area contributed by atoms with Crippen LogP contribution in [0.2, 0.25) is 0 Å². The molecule has 0 fully saturated rings. The summed E-state index contributed by atoms with van der Waals surface area (Å²) in [4.78, 5) is 20.9. The van der Waals surface area contributed by atoms with Gasteiger partial charge in [-0.05, 0) is 63.0 Å². The zero-order valence-electron chi connectivity index (χ0n) is 26.6. The molecule has 1 unspecified atom stereocenters. The molecular weight excluding hydrogens is 525 g/mol. The molecule has 0 radical (unpaired) electrons. The van der Waals surface area contributed by atoms with Gasteiger partial charge in [0, 0.05) is 5.75 Å². The fourth-order valence-electron chi connectivity index (χ4n) is 4.78. The highest BCUT2D eigenvalue weighted by Crippen LogP contribution is 2.51. The summed E-state index contributed by atoms with van der Waals surface area (Å²) in [6.07, 6.45) is 30.4. The molecule has 0 aromatic carbocycles. The van der Waals surface area contributed by atoms with Crippen LogP contribution in [0.3, 0.4) is 0 Å². The molecule has 3 nitrogen and oxygen atoms in total. The van der Waals surface area contributed by atoms with Crippen LogP contribution in [0.25, 0.3) is 0 Å². The second kappa shape index (κ2) is 32.4. The Hall–Kier alpha value is 0.880. The third kappa shape index (κ3) is 34.9. The Kier molecular flexibility index (Phi) is 35.0. The van der Waals surface area contributed by atoms with E-state index >= 15 is 0 Å². The average Bonchev–Trinajstić information content (AvgIpc) is 2.89. The maximum absolute atomic E-state index is 9.03. The first kappa shape index (κ1) is 41.0. The van der Waals surface area contributed by atoms with E-state index in [4.69, 9.17) is 9.79 Å². The number of hydrogen-bond acceptors (Lipinski definition) is 3. The van der Waals surface area contributed by atoms with Gasteiger partial charge in [0.25, 0.3) is 0 Å². The lowest BCUT2D eigenvalue weighted by Crippen LogP contribution is -2.27. The van der Waals surface area contributed by atoms with Crippen LogP contribution in [0.4, 0.5) is 0 Å². The summed E-state index contributed by atoms with van der Waals surface area (Å²) in [5.74, 6) is 1.38. The van der Waals surface area contributed by atoms with Crippen LogP contribution in [0.1, 0.15) is 176 Å². The molecule has 0 aliphatic rings. The predicted octanol–water partition coefficient (Wildman–Crippen LogP) is 11.5. The van der Waals surface area contributed by atoms with Gasteiger partial charge in [0.2, 0.25) is 5.69 Å². The molecule has 0 saturated carbocycles. The average molecular weight is 596 g/mol. The van der Waals surface area contributed by atoms with Crippen LogP contribution in [0.15, 0.2) is 0 Å². The van der Waals surface area contributed by atoms with E-state index in [0.717, 1.165) is 23.6 Å². The molecule has 232 valence electrons. The van der Waals surface area contributed by atoms with Crippen molar-refractivity contribution >= 4 is 28.9 Å². The van der Waals surface area contributed by atoms with Gasteiger partial charge < -0.3 is 14.7 Å².